The third-order valence-corrected chi connectivity index (χ3v) is 6.14. The van der Waals surface area contributed by atoms with E-state index in [1.807, 2.05) is 6.92 Å². The number of aryl methyl sites for hydroxylation is 1. The first-order valence-electron chi connectivity index (χ1n) is 7.85. The van der Waals surface area contributed by atoms with E-state index in [1.54, 1.807) is 24.3 Å². The highest BCUT2D eigenvalue weighted by molar-refractivity contribution is 7.89. The summed E-state index contributed by atoms with van der Waals surface area (Å²) in [5.41, 5.74) is 2.64. The van der Waals surface area contributed by atoms with Crippen LogP contribution in [0.5, 0.6) is 0 Å². The van der Waals surface area contributed by atoms with E-state index in [9.17, 15) is 8.42 Å². The van der Waals surface area contributed by atoms with Gasteiger partial charge >= 0.3 is 0 Å². The minimum absolute atomic E-state index is 0.274. The van der Waals surface area contributed by atoms with Crippen LogP contribution >= 0.6 is 0 Å². The third-order valence-electron chi connectivity index (χ3n) is 4.48. The Morgan fingerprint density at radius 2 is 1.91 bits per heavy atom. The number of fused-ring (bicyclic) bond motifs is 1. The van der Waals surface area contributed by atoms with Crippen LogP contribution in [0.25, 0.3) is 0 Å². The van der Waals surface area contributed by atoms with Gasteiger partial charge in [0.2, 0.25) is 0 Å². The highest BCUT2D eigenvalue weighted by Gasteiger charge is 2.33. The van der Waals surface area contributed by atoms with Gasteiger partial charge in [-0.3, -0.25) is 0 Å². The maximum Gasteiger partial charge on any atom is 0.283 e. The molecule has 3 rings (SSSR count). The first-order chi connectivity index (χ1) is 10.5. The van der Waals surface area contributed by atoms with Crippen molar-refractivity contribution in [2.75, 3.05) is 0 Å². The average Bonchev–Trinajstić information content (AvgIpc) is 2.71. The van der Waals surface area contributed by atoms with Crippen LogP contribution in [-0.4, -0.2) is 18.5 Å². The van der Waals surface area contributed by atoms with Gasteiger partial charge < -0.3 is 0 Å². The quantitative estimate of drug-likeness (QED) is 0.832. The largest absolute Gasteiger partial charge is 0.283 e. The smallest absolute Gasteiger partial charge is 0.199 e. The first kappa shape index (κ1) is 15.3. The SMILES string of the molecule is C=C1CC2CCCCCC2=NN1S(=O)(=O)c1ccc(C)cc1. The molecule has 1 unspecified atom stereocenters. The van der Waals surface area contributed by atoms with Crippen LogP contribution in [0.3, 0.4) is 0 Å². The fourth-order valence-corrected chi connectivity index (χ4v) is 4.49. The van der Waals surface area contributed by atoms with Crippen molar-refractivity contribution in [2.45, 2.75) is 50.3 Å². The van der Waals surface area contributed by atoms with E-state index >= 15 is 0 Å². The second-order valence-corrected chi connectivity index (χ2v) is 7.99. The molecule has 118 valence electrons. The van der Waals surface area contributed by atoms with Gasteiger partial charge in [0.25, 0.3) is 10.0 Å². The molecule has 22 heavy (non-hydrogen) atoms. The molecule has 1 fully saturated rings. The lowest BCUT2D eigenvalue weighted by Gasteiger charge is -2.31. The van der Waals surface area contributed by atoms with Gasteiger partial charge in [0.1, 0.15) is 0 Å². The van der Waals surface area contributed by atoms with E-state index in [0.717, 1.165) is 35.0 Å². The monoisotopic (exact) mass is 318 g/mol. The molecule has 0 amide bonds. The summed E-state index contributed by atoms with van der Waals surface area (Å²) in [5.74, 6) is 0.375. The summed E-state index contributed by atoms with van der Waals surface area (Å²) in [6, 6.07) is 6.89. The molecule has 2 aliphatic rings. The lowest BCUT2D eigenvalue weighted by Crippen LogP contribution is -2.34. The zero-order chi connectivity index (χ0) is 15.7. The predicted molar refractivity (Wildman–Crippen MR) is 88.0 cm³/mol. The summed E-state index contributed by atoms with van der Waals surface area (Å²) in [5, 5.41) is 4.48. The highest BCUT2D eigenvalue weighted by atomic mass is 32.2. The molecule has 1 heterocycles. The van der Waals surface area contributed by atoms with Crippen molar-refractivity contribution in [1.82, 2.24) is 4.41 Å². The molecule has 1 saturated carbocycles. The Kier molecular flexibility index (Phi) is 4.08. The number of hydrogen-bond donors (Lipinski definition) is 0. The van der Waals surface area contributed by atoms with Crippen molar-refractivity contribution >= 4 is 15.7 Å². The molecule has 1 atom stereocenters. The Hall–Kier alpha value is -1.62. The van der Waals surface area contributed by atoms with Gasteiger partial charge in [-0.15, -0.1) is 0 Å². The standard InChI is InChI=1S/C17H22N2O2S/c1-13-8-10-16(11-9-13)22(20,21)19-14(2)12-15-6-4-3-5-7-17(15)18-19/h8-11,15H,2-7,12H2,1H3. The molecule has 0 spiro atoms. The summed E-state index contributed by atoms with van der Waals surface area (Å²) < 4.78 is 26.8. The van der Waals surface area contributed by atoms with Gasteiger partial charge in [-0.05, 0) is 44.7 Å². The van der Waals surface area contributed by atoms with Crippen molar-refractivity contribution in [1.29, 1.82) is 0 Å². The Morgan fingerprint density at radius 3 is 2.64 bits per heavy atom. The minimum Gasteiger partial charge on any atom is -0.199 e. The molecule has 1 aromatic rings. The lowest BCUT2D eigenvalue weighted by atomic mass is 9.92. The zero-order valence-electron chi connectivity index (χ0n) is 13.0. The second kappa shape index (κ2) is 5.88. The van der Waals surface area contributed by atoms with E-state index in [-0.39, 0.29) is 4.90 Å². The van der Waals surface area contributed by atoms with Crippen LogP contribution < -0.4 is 0 Å². The molecule has 0 aromatic heterocycles. The van der Waals surface area contributed by atoms with Crippen LogP contribution in [0.2, 0.25) is 0 Å². The van der Waals surface area contributed by atoms with E-state index in [2.05, 4.69) is 11.7 Å². The average molecular weight is 318 g/mol. The third kappa shape index (κ3) is 2.82. The molecular weight excluding hydrogens is 296 g/mol. The maximum absolute atomic E-state index is 12.8. The molecule has 1 aromatic carbocycles. The summed E-state index contributed by atoms with van der Waals surface area (Å²) >= 11 is 0. The number of hydrazone groups is 1. The fraction of sp³-hybridized carbons (Fsp3) is 0.471. The Balaban J connectivity index is 1.97. The molecule has 0 N–H and O–H groups in total. The molecule has 1 aliphatic heterocycles. The summed E-state index contributed by atoms with van der Waals surface area (Å²) in [6.45, 7) is 5.90. The fourth-order valence-electron chi connectivity index (χ4n) is 3.18. The van der Waals surface area contributed by atoms with Crippen molar-refractivity contribution in [3.8, 4) is 0 Å². The van der Waals surface area contributed by atoms with Gasteiger partial charge in [0, 0.05) is 17.3 Å². The minimum atomic E-state index is -3.64. The van der Waals surface area contributed by atoms with Gasteiger partial charge in [0.15, 0.2) is 0 Å². The molecular formula is C17H22N2O2S. The van der Waals surface area contributed by atoms with Crippen molar-refractivity contribution in [2.24, 2.45) is 11.0 Å². The number of hydrogen-bond acceptors (Lipinski definition) is 3. The Labute approximate surface area is 132 Å². The molecule has 0 radical (unpaired) electrons. The van der Waals surface area contributed by atoms with Gasteiger partial charge in [-0.25, -0.2) is 0 Å². The number of benzene rings is 1. The van der Waals surface area contributed by atoms with Crippen LogP contribution in [0.15, 0.2) is 46.5 Å². The Morgan fingerprint density at radius 1 is 1.18 bits per heavy atom. The van der Waals surface area contributed by atoms with E-state index in [0.29, 0.717) is 18.0 Å². The molecule has 5 heteroatoms. The van der Waals surface area contributed by atoms with Crippen LogP contribution in [0.4, 0.5) is 0 Å². The summed E-state index contributed by atoms with van der Waals surface area (Å²) in [7, 11) is -3.64. The van der Waals surface area contributed by atoms with Crippen molar-refractivity contribution in [3.63, 3.8) is 0 Å². The van der Waals surface area contributed by atoms with Crippen molar-refractivity contribution in [3.05, 3.63) is 42.1 Å². The Bertz CT molecular complexity index is 705. The van der Waals surface area contributed by atoms with Crippen LogP contribution in [0, 0.1) is 12.8 Å². The summed E-state index contributed by atoms with van der Waals surface area (Å²) in [6.07, 6.45) is 6.19. The highest BCUT2D eigenvalue weighted by Crippen LogP contribution is 2.34. The zero-order valence-corrected chi connectivity index (χ0v) is 13.8. The first-order valence-corrected chi connectivity index (χ1v) is 9.29. The van der Waals surface area contributed by atoms with Crippen molar-refractivity contribution < 1.29 is 8.42 Å². The van der Waals surface area contributed by atoms with Gasteiger partial charge in [0.05, 0.1) is 4.90 Å². The molecule has 1 aliphatic carbocycles. The maximum atomic E-state index is 12.8. The summed E-state index contributed by atoms with van der Waals surface area (Å²) in [4.78, 5) is 0.274. The van der Waals surface area contributed by atoms with Gasteiger partial charge in [-0.2, -0.15) is 17.9 Å². The number of allylic oxidation sites excluding steroid dienone is 1. The van der Waals surface area contributed by atoms with E-state index < -0.39 is 10.0 Å². The molecule has 0 bridgehead atoms. The van der Waals surface area contributed by atoms with E-state index in [4.69, 9.17) is 0 Å². The number of rotatable bonds is 2. The predicted octanol–water partition coefficient (Wildman–Crippen LogP) is 3.84. The molecule has 0 saturated heterocycles. The number of nitrogens with zero attached hydrogens (tertiary/aromatic N) is 2. The lowest BCUT2D eigenvalue weighted by molar-refractivity contribution is 0.432. The topological polar surface area (TPSA) is 49.7 Å². The van der Waals surface area contributed by atoms with Gasteiger partial charge in [-0.1, -0.05) is 37.1 Å². The number of sulfonamides is 1. The molecule has 4 nitrogen and oxygen atoms in total. The normalized spacial score (nSPS) is 22.8. The van der Waals surface area contributed by atoms with Crippen LogP contribution in [-0.2, 0) is 10.0 Å². The van der Waals surface area contributed by atoms with Crippen LogP contribution in [0.1, 0.15) is 44.1 Å². The second-order valence-electron chi connectivity index (χ2n) is 6.22. The van der Waals surface area contributed by atoms with E-state index in [1.165, 1.54) is 12.8 Å².